The molecule has 5 nitrogen and oxygen atoms in total. The first-order valence-electron chi connectivity index (χ1n) is 8.27. The summed E-state index contributed by atoms with van der Waals surface area (Å²) in [5, 5.41) is 4.21. The zero-order valence-electron chi connectivity index (χ0n) is 14.2. The fourth-order valence-corrected chi connectivity index (χ4v) is 2.70. The summed E-state index contributed by atoms with van der Waals surface area (Å²) >= 11 is 0. The molecule has 3 aromatic rings. The molecule has 0 bridgehead atoms. The van der Waals surface area contributed by atoms with E-state index in [-0.39, 0.29) is 11.9 Å². The first kappa shape index (κ1) is 16.9. The molecular formula is C20H22N4O. The van der Waals surface area contributed by atoms with Crippen LogP contribution in [0.3, 0.4) is 0 Å². The van der Waals surface area contributed by atoms with Crippen LogP contribution in [0.5, 0.6) is 0 Å². The van der Waals surface area contributed by atoms with Gasteiger partial charge in [0.05, 0.1) is 5.69 Å². The number of aromatic nitrogens is 2. The van der Waals surface area contributed by atoms with Gasteiger partial charge in [0.2, 0.25) is 5.91 Å². The van der Waals surface area contributed by atoms with Gasteiger partial charge in [0, 0.05) is 38.4 Å². The van der Waals surface area contributed by atoms with Crippen molar-refractivity contribution in [3.8, 4) is 5.69 Å². The molecule has 0 fully saturated rings. The van der Waals surface area contributed by atoms with Crippen LogP contribution in [0.25, 0.3) is 5.69 Å². The van der Waals surface area contributed by atoms with Gasteiger partial charge in [-0.1, -0.05) is 42.5 Å². The van der Waals surface area contributed by atoms with Crippen LogP contribution in [0.15, 0.2) is 73.1 Å². The smallest absolute Gasteiger partial charge is 0.224 e. The minimum absolute atomic E-state index is 0.0347. The van der Waals surface area contributed by atoms with Crippen LogP contribution in [0.2, 0.25) is 0 Å². The number of amides is 1. The second kappa shape index (κ2) is 7.77. The second-order valence-corrected chi connectivity index (χ2v) is 6.09. The summed E-state index contributed by atoms with van der Waals surface area (Å²) in [5.41, 5.74) is 9.19. The molecule has 0 aliphatic heterocycles. The third kappa shape index (κ3) is 4.33. The molecule has 5 heteroatoms. The van der Waals surface area contributed by atoms with Crippen molar-refractivity contribution in [1.82, 2.24) is 14.7 Å². The number of nitrogens with zero attached hydrogens (tertiary/aromatic N) is 3. The number of hydrogen-bond donors (Lipinski definition) is 1. The number of benzene rings is 2. The van der Waals surface area contributed by atoms with Crippen molar-refractivity contribution in [3.05, 3.63) is 84.2 Å². The summed E-state index contributed by atoms with van der Waals surface area (Å²) in [6, 6.07) is 19.3. The zero-order chi connectivity index (χ0) is 17.6. The average Bonchev–Trinajstić information content (AvgIpc) is 3.17. The Labute approximate surface area is 147 Å². The van der Waals surface area contributed by atoms with Crippen LogP contribution in [-0.4, -0.2) is 27.6 Å². The van der Waals surface area contributed by atoms with E-state index in [0.29, 0.717) is 13.0 Å². The van der Waals surface area contributed by atoms with Gasteiger partial charge in [-0.3, -0.25) is 4.79 Å². The lowest BCUT2D eigenvalue weighted by Crippen LogP contribution is -2.29. The van der Waals surface area contributed by atoms with Crippen LogP contribution in [0.4, 0.5) is 0 Å². The number of hydrogen-bond acceptors (Lipinski definition) is 3. The molecule has 1 amide bonds. The van der Waals surface area contributed by atoms with Gasteiger partial charge in [0.1, 0.15) is 0 Å². The summed E-state index contributed by atoms with van der Waals surface area (Å²) in [5.74, 6) is 0.0347. The Kier molecular flexibility index (Phi) is 5.26. The van der Waals surface area contributed by atoms with E-state index in [1.165, 1.54) is 0 Å². The van der Waals surface area contributed by atoms with Gasteiger partial charge in [-0.05, 0) is 29.3 Å². The standard InChI is InChI=1S/C20H22N4O/c1-23(20(25)14-19(21)17-6-3-2-4-7-17)15-16-8-10-18(11-9-16)24-13-5-12-22-24/h2-13,19H,14-15,21H2,1H3/t19-/m0/s1. The minimum Gasteiger partial charge on any atom is -0.341 e. The minimum atomic E-state index is -0.279. The van der Waals surface area contributed by atoms with Gasteiger partial charge < -0.3 is 10.6 Å². The highest BCUT2D eigenvalue weighted by Gasteiger charge is 2.15. The fraction of sp³-hybridized carbons (Fsp3) is 0.200. The normalized spacial score (nSPS) is 11.9. The quantitative estimate of drug-likeness (QED) is 0.754. The largest absolute Gasteiger partial charge is 0.341 e. The SMILES string of the molecule is CN(Cc1ccc(-n2cccn2)cc1)C(=O)C[C@H](N)c1ccccc1. The van der Waals surface area contributed by atoms with E-state index in [0.717, 1.165) is 16.8 Å². The zero-order valence-corrected chi connectivity index (χ0v) is 14.2. The number of rotatable bonds is 6. The summed E-state index contributed by atoms with van der Waals surface area (Å²) < 4.78 is 1.80. The highest BCUT2D eigenvalue weighted by Crippen LogP contribution is 2.16. The van der Waals surface area contributed by atoms with Crippen molar-refractivity contribution in [1.29, 1.82) is 0 Å². The second-order valence-electron chi connectivity index (χ2n) is 6.09. The lowest BCUT2D eigenvalue weighted by Gasteiger charge is -2.20. The van der Waals surface area contributed by atoms with Crippen molar-refractivity contribution >= 4 is 5.91 Å². The van der Waals surface area contributed by atoms with Crippen molar-refractivity contribution in [3.63, 3.8) is 0 Å². The van der Waals surface area contributed by atoms with Crippen LogP contribution in [-0.2, 0) is 11.3 Å². The first-order chi connectivity index (χ1) is 12.1. The van der Waals surface area contributed by atoms with Gasteiger partial charge >= 0.3 is 0 Å². The molecule has 2 N–H and O–H groups in total. The molecule has 1 heterocycles. The molecule has 0 radical (unpaired) electrons. The van der Waals surface area contributed by atoms with Crippen LogP contribution >= 0.6 is 0 Å². The number of carbonyl (C=O) groups is 1. The van der Waals surface area contributed by atoms with Gasteiger partial charge in [0.15, 0.2) is 0 Å². The van der Waals surface area contributed by atoms with Gasteiger partial charge in [-0.2, -0.15) is 5.10 Å². The molecule has 0 aliphatic carbocycles. The topological polar surface area (TPSA) is 64.2 Å². The monoisotopic (exact) mass is 334 g/mol. The molecule has 2 aromatic carbocycles. The molecule has 1 atom stereocenters. The number of carbonyl (C=O) groups excluding carboxylic acids is 1. The van der Waals surface area contributed by atoms with Crippen LogP contribution < -0.4 is 5.73 Å². The summed E-state index contributed by atoms with van der Waals surface area (Å²) in [7, 11) is 1.81. The average molecular weight is 334 g/mol. The predicted molar refractivity (Wildman–Crippen MR) is 98.0 cm³/mol. The fourth-order valence-electron chi connectivity index (χ4n) is 2.70. The van der Waals surface area contributed by atoms with Crippen molar-refractivity contribution in [2.75, 3.05) is 7.05 Å². The maximum Gasteiger partial charge on any atom is 0.224 e. The molecule has 0 saturated carbocycles. The molecular weight excluding hydrogens is 312 g/mol. The molecule has 0 unspecified atom stereocenters. The lowest BCUT2D eigenvalue weighted by molar-refractivity contribution is -0.130. The summed E-state index contributed by atoms with van der Waals surface area (Å²) in [6.45, 7) is 0.555. The first-order valence-corrected chi connectivity index (χ1v) is 8.27. The van der Waals surface area contributed by atoms with E-state index in [9.17, 15) is 4.79 Å². The van der Waals surface area contributed by atoms with Crippen molar-refractivity contribution in [2.45, 2.75) is 19.0 Å². The third-order valence-corrected chi connectivity index (χ3v) is 4.17. The van der Waals surface area contributed by atoms with E-state index in [1.54, 1.807) is 15.8 Å². The molecule has 0 aliphatic rings. The third-order valence-electron chi connectivity index (χ3n) is 4.17. The van der Waals surface area contributed by atoms with E-state index in [4.69, 9.17) is 5.73 Å². The van der Waals surface area contributed by atoms with Crippen molar-refractivity contribution in [2.24, 2.45) is 5.73 Å². The highest BCUT2D eigenvalue weighted by molar-refractivity contribution is 5.76. The van der Waals surface area contributed by atoms with E-state index in [1.807, 2.05) is 73.9 Å². The molecule has 0 spiro atoms. The summed E-state index contributed by atoms with van der Waals surface area (Å²) in [4.78, 5) is 14.1. The van der Waals surface area contributed by atoms with E-state index < -0.39 is 0 Å². The Hall–Kier alpha value is -2.92. The number of nitrogens with two attached hydrogens (primary N) is 1. The maximum absolute atomic E-state index is 12.4. The molecule has 25 heavy (non-hydrogen) atoms. The van der Waals surface area contributed by atoms with Crippen molar-refractivity contribution < 1.29 is 4.79 Å². The van der Waals surface area contributed by atoms with Gasteiger partial charge in [-0.15, -0.1) is 0 Å². The van der Waals surface area contributed by atoms with E-state index >= 15 is 0 Å². The predicted octanol–water partition coefficient (Wildman–Crippen LogP) is 2.92. The Morgan fingerprint density at radius 2 is 1.84 bits per heavy atom. The molecule has 1 aromatic heterocycles. The Balaban J connectivity index is 1.58. The summed E-state index contributed by atoms with van der Waals surface area (Å²) in [6.07, 6.45) is 3.94. The van der Waals surface area contributed by atoms with Gasteiger partial charge in [0.25, 0.3) is 0 Å². The van der Waals surface area contributed by atoms with Crippen LogP contribution in [0, 0.1) is 0 Å². The van der Waals surface area contributed by atoms with Crippen LogP contribution in [0.1, 0.15) is 23.6 Å². The molecule has 0 saturated heterocycles. The Bertz CT molecular complexity index is 797. The molecule has 3 rings (SSSR count). The lowest BCUT2D eigenvalue weighted by atomic mass is 10.0. The highest BCUT2D eigenvalue weighted by atomic mass is 16.2. The Morgan fingerprint density at radius 3 is 2.48 bits per heavy atom. The Morgan fingerprint density at radius 1 is 1.12 bits per heavy atom. The maximum atomic E-state index is 12.4. The molecule has 128 valence electrons. The van der Waals surface area contributed by atoms with E-state index in [2.05, 4.69) is 5.10 Å². The van der Waals surface area contributed by atoms with Gasteiger partial charge in [-0.25, -0.2) is 4.68 Å².